The zero-order valence-corrected chi connectivity index (χ0v) is 27.5. The van der Waals surface area contributed by atoms with Gasteiger partial charge in [0.1, 0.15) is 0 Å². The number of benzene rings is 9. The predicted octanol–water partition coefficient (Wildman–Crippen LogP) is 14.2. The second-order valence-corrected chi connectivity index (χ2v) is 13.8. The lowest BCUT2D eigenvalue weighted by atomic mass is 9.83. The van der Waals surface area contributed by atoms with Crippen molar-refractivity contribution in [1.29, 1.82) is 0 Å². The van der Waals surface area contributed by atoms with Crippen molar-refractivity contribution in [3.8, 4) is 44.5 Å². The van der Waals surface area contributed by atoms with E-state index in [0.717, 1.165) is 0 Å². The summed E-state index contributed by atoms with van der Waals surface area (Å²) in [5, 5.41) is 10.4. The van der Waals surface area contributed by atoms with Crippen LogP contribution in [0.2, 0.25) is 0 Å². The SMILES string of the molecule is c1ccc(-c2ccc(-c3c4ccccc4c(-c4cccc5sc6c7ccccc7ccc6c45)c4ccccc34)cc2-c2ccccc2)cc1. The molecule has 0 saturated heterocycles. The van der Waals surface area contributed by atoms with Crippen LogP contribution in [0.3, 0.4) is 0 Å². The van der Waals surface area contributed by atoms with Gasteiger partial charge < -0.3 is 0 Å². The molecule has 1 heterocycles. The Balaban J connectivity index is 1.29. The molecule has 10 rings (SSSR count). The maximum absolute atomic E-state index is 2.41. The van der Waals surface area contributed by atoms with Gasteiger partial charge in [0, 0.05) is 20.2 Å². The normalized spacial score (nSPS) is 11.7. The summed E-state index contributed by atoms with van der Waals surface area (Å²) in [4.78, 5) is 0. The van der Waals surface area contributed by atoms with Gasteiger partial charge in [0.25, 0.3) is 0 Å². The van der Waals surface area contributed by atoms with E-state index in [1.807, 2.05) is 11.3 Å². The molecule has 0 nitrogen and oxygen atoms in total. The molecule has 10 aromatic rings. The maximum Gasteiger partial charge on any atom is 0.0434 e. The van der Waals surface area contributed by atoms with Crippen LogP contribution >= 0.6 is 11.3 Å². The molecule has 0 unspecified atom stereocenters. The van der Waals surface area contributed by atoms with E-state index in [1.165, 1.54) is 97.0 Å². The summed E-state index contributed by atoms with van der Waals surface area (Å²) >= 11 is 1.91. The fourth-order valence-electron chi connectivity index (χ4n) is 7.92. The number of rotatable bonds is 4. The van der Waals surface area contributed by atoms with Crippen LogP contribution < -0.4 is 0 Å². The number of fused-ring (bicyclic) bond motifs is 7. The topological polar surface area (TPSA) is 0 Å². The second-order valence-electron chi connectivity index (χ2n) is 12.8. The van der Waals surface area contributed by atoms with Gasteiger partial charge in [0.2, 0.25) is 0 Å². The third-order valence-electron chi connectivity index (χ3n) is 10.1. The van der Waals surface area contributed by atoms with Crippen LogP contribution in [0.5, 0.6) is 0 Å². The maximum atomic E-state index is 2.41. The van der Waals surface area contributed by atoms with Crippen LogP contribution in [0.15, 0.2) is 182 Å². The van der Waals surface area contributed by atoms with Crippen LogP contribution in [-0.4, -0.2) is 0 Å². The van der Waals surface area contributed by atoms with Crippen LogP contribution in [-0.2, 0) is 0 Å². The molecule has 0 atom stereocenters. The predicted molar refractivity (Wildman–Crippen MR) is 214 cm³/mol. The van der Waals surface area contributed by atoms with Gasteiger partial charge in [-0.1, -0.05) is 170 Å². The van der Waals surface area contributed by atoms with Crippen molar-refractivity contribution in [1.82, 2.24) is 0 Å². The van der Waals surface area contributed by atoms with Gasteiger partial charge in [-0.2, -0.15) is 0 Å². The van der Waals surface area contributed by atoms with E-state index in [-0.39, 0.29) is 0 Å². The summed E-state index contributed by atoms with van der Waals surface area (Å²) in [6.07, 6.45) is 0. The summed E-state index contributed by atoms with van der Waals surface area (Å²) < 4.78 is 2.68. The summed E-state index contributed by atoms with van der Waals surface area (Å²) in [5.74, 6) is 0. The van der Waals surface area contributed by atoms with Gasteiger partial charge in [-0.25, -0.2) is 0 Å². The minimum Gasteiger partial charge on any atom is -0.135 e. The molecule has 0 aliphatic heterocycles. The van der Waals surface area contributed by atoms with Crippen LogP contribution in [0.4, 0.5) is 0 Å². The molecule has 0 bridgehead atoms. The van der Waals surface area contributed by atoms with Crippen molar-refractivity contribution < 1.29 is 0 Å². The number of hydrogen-bond donors (Lipinski definition) is 0. The second kappa shape index (κ2) is 11.3. The summed E-state index contributed by atoms with van der Waals surface area (Å²) in [6.45, 7) is 0. The molecule has 9 aromatic carbocycles. The first kappa shape index (κ1) is 28.0. The smallest absolute Gasteiger partial charge is 0.0434 e. The van der Waals surface area contributed by atoms with Gasteiger partial charge >= 0.3 is 0 Å². The minimum absolute atomic E-state index is 1.22. The Hall–Kier alpha value is -6.02. The van der Waals surface area contributed by atoms with Crippen molar-refractivity contribution in [2.45, 2.75) is 0 Å². The first-order chi connectivity index (χ1) is 24.3. The quantitative estimate of drug-likeness (QED) is 0.168. The molecule has 0 spiro atoms. The lowest BCUT2D eigenvalue weighted by Gasteiger charge is -2.20. The van der Waals surface area contributed by atoms with Gasteiger partial charge in [0.15, 0.2) is 0 Å². The fraction of sp³-hybridized carbons (Fsp3) is 0. The highest BCUT2D eigenvalue weighted by Crippen LogP contribution is 2.49. The van der Waals surface area contributed by atoms with Crippen molar-refractivity contribution in [3.63, 3.8) is 0 Å². The molecule has 0 amide bonds. The van der Waals surface area contributed by atoms with Gasteiger partial charge in [-0.15, -0.1) is 11.3 Å². The van der Waals surface area contributed by atoms with E-state index in [4.69, 9.17) is 0 Å². The molecule has 0 saturated carbocycles. The molecule has 0 aliphatic carbocycles. The summed E-state index contributed by atoms with van der Waals surface area (Å²) in [7, 11) is 0. The molecule has 0 N–H and O–H groups in total. The molecule has 49 heavy (non-hydrogen) atoms. The van der Waals surface area contributed by atoms with Crippen LogP contribution in [0.25, 0.3) is 97.0 Å². The highest BCUT2D eigenvalue weighted by Gasteiger charge is 2.21. The highest BCUT2D eigenvalue weighted by atomic mass is 32.1. The van der Waals surface area contributed by atoms with Crippen LogP contribution in [0.1, 0.15) is 0 Å². The van der Waals surface area contributed by atoms with Crippen molar-refractivity contribution in [3.05, 3.63) is 182 Å². The first-order valence-corrected chi connectivity index (χ1v) is 17.7. The van der Waals surface area contributed by atoms with Gasteiger partial charge in [-0.05, 0) is 89.0 Å². The Bertz CT molecular complexity index is 2800. The zero-order valence-electron chi connectivity index (χ0n) is 26.7. The van der Waals surface area contributed by atoms with E-state index >= 15 is 0 Å². The summed E-state index contributed by atoms with van der Waals surface area (Å²) in [6, 6.07) is 66.8. The number of thiophene rings is 1. The minimum atomic E-state index is 1.22. The standard InChI is InChI=1S/C48H30S/c1-3-14-31(15-4-1)35-28-27-34(30-43(35)32-16-5-2-6-17-32)45-37-20-9-11-22-39(37)46(40-23-12-10-21-38(40)45)41-24-13-25-44-47(41)42-29-26-33-18-7-8-19-36(33)48(42)49-44/h1-30H. The van der Waals surface area contributed by atoms with Crippen LogP contribution in [0, 0.1) is 0 Å². The third-order valence-corrected chi connectivity index (χ3v) is 11.3. The van der Waals surface area contributed by atoms with Gasteiger partial charge in [-0.3, -0.25) is 0 Å². The van der Waals surface area contributed by atoms with Gasteiger partial charge in [0.05, 0.1) is 0 Å². The molecule has 0 aliphatic rings. The average Bonchev–Trinajstić information content (AvgIpc) is 3.57. The molecule has 1 aromatic heterocycles. The van der Waals surface area contributed by atoms with E-state index in [1.54, 1.807) is 0 Å². The largest absolute Gasteiger partial charge is 0.135 e. The van der Waals surface area contributed by atoms with Crippen molar-refractivity contribution in [2.75, 3.05) is 0 Å². The highest BCUT2D eigenvalue weighted by molar-refractivity contribution is 7.26. The molecule has 0 radical (unpaired) electrons. The van der Waals surface area contributed by atoms with E-state index in [9.17, 15) is 0 Å². The zero-order chi connectivity index (χ0) is 32.3. The molecular weight excluding hydrogens is 609 g/mol. The molecule has 0 fully saturated rings. The molecule has 228 valence electrons. The third kappa shape index (κ3) is 4.44. The molecular formula is C48H30S. The van der Waals surface area contributed by atoms with E-state index in [0.29, 0.717) is 0 Å². The monoisotopic (exact) mass is 638 g/mol. The van der Waals surface area contributed by atoms with Crippen molar-refractivity contribution in [2.24, 2.45) is 0 Å². The Morgan fingerprint density at radius 1 is 0.306 bits per heavy atom. The Labute approximate surface area is 289 Å². The Morgan fingerprint density at radius 3 is 1.55 bits per heavy atom. The average molecular weight is 639 g/mol. The Morgan fingerprint density at radius 2 is 0.878 bits per heavy atom. The first-order valence-electron chi connectivity index (χ1n) is 16.9. The van der Waals surface area contributed by atoms with Crippen molar-refractivity contribution >= 4 is 63.8 Å². The lowest BCUT2D eigenvalue weighted by molar-refractivity contribution is 1.58. The number of hydrogen-bond acceptors (Lipinski definition) is 1. The lowest BCUT2D eigenvalue weighted by Crippen LogP contribution is -1.92. The van der Waals surface area contributed by atoms with E-state index < -0.39 is 0 Å². The molecule has 1 heteroatoms. The Kier molecular flexibility index (Phi) is 6.47. The summed E-state index contributed by atoms with van der Waals surface area (Å²) in [5.41, 5.74) is 10.0. The van der Waals surface area contributed by atoms with E-state index in [2.05, 4.69) is 182 Å². The fourth-order valence-corrected chi connectivity index (χ4v) is 9.18.